The second-order valence-electron chi connectivity index (χ2n) is 5.84. The van der Waals surface area contributed by atoms with Crippen molar-refractivity contribution in [3.63, 3.8) is 0 Å². The molecule has 0 saturated heterocycles. The molecular formula is C19H16ClFN2O4S. The first-order chi connectivity index (χ1) is 13.3. The highest BCUT2D eigenvalue weighted by molar-refractivity contribution is 7.92. The van der Waals surface area contributed by atoms with Crippen LogP contribution in [-0.4, -0.2) is 20.9 Å². The summed E-state index contributed by atoms with van der Waals surface area (Å²) in [6, 6.07) is 12.2. The van der Waals surface area contributed by atoms with Gasteiger partial charge in [0.15, 0.2) is 0 Å². The van der Waals surface area contributed by atoms with E-state index in [1.54, 1.807) is 18.4 Å². The van der Waals surface area contributed by atoms with E-state index in [0.717, 1.165) is 30.0 Å². The molecule has 2 aromatic carbocycles. The lowest BCUT2D eigenvalue weighted by atomic mass is 10.2. The quantitative estimate of drug-likeness (QED) is 0.605. The number of carbonyl (C=O) groups is 1. The average Bonchev–Trinajstić information content (AvgIpc) is 3.17. The molecule has 0 aliphatic rings. The molecule has 0 spiro atoms. The van der Waals surface area contributed by atoms with E-state index in [-0.39, 0.29) is 27.1 Å². The maximum absolute atomic E-state index is 13.0. The van der Waals surface area contributed by atoms with Crippen molar-refractivity contribution in [3.05, 3.63) is 83.0 Å². The van der Waals surface area contributed by atoms with E-state index in [2.05, 4.69) is 10.0 Å². The molecule has 0 unspecified atom stereocenters. The molecule has 0 saturated carbocycles. The molecule has 1 heterocycles. The summed E-state index contributed by atoms with van der Waals surface area (Å²) in [6.07, 6.45) is 2.08. The van der Waals surface area contributed by atoms with E-state index in [1.165, 1.54) is 18.2 Å². The highest BCUT2D eigenvalue weighted by Gasteiger charge is 2.17. The number of furan rings is 1. The van der Waals surface area contributed by atoms with Crippen LogP contribution < -0.4 is 10.0 Å². The molecule has 9 heteroatoms. The van der Waals surface area contributed by atoms with Crippen molar-refractivity contribution < 1.29 is 22.0 Å². The van der Waals surface area contributed by atoms with Gasteiger partial charge in [-0.3, -0.25) is 9.52 Å². The summed E-state index contributed by atoms with van der Waals surface area (Å²) < 4.78 is 45.4. The third kappa shape index (κ3) is 4.90. The summed E-state index contributed by atoms with van der Waals surface area (Å²) in [6.45, 7) is 0.353. The minimum absolute atomic E-state index is 0.0460. The van der Waals surface area contributed by atoms with Gasteiger partial charge in [-0.05, 0) is 54.6 Å². The maximum Gasteiger partial charge on any atom is 0.261 e. The van der Waals surface area contributed by atoms with E-state index in [1.807, 2.05) is 0 Å². The molecule has 2 N–H and O–H groups in total. The number of sulfonamides is 1. The van der Waals surface area contributed by atoms with Gasteiger partial charge in [-0.1, -0.05) is 11.6 Å². The third-order valence-electron chi connectivity index (χ3n) is 3.83. The van der Waals surface area contributed by atoms with Gasteiger partial charge >= 0.3 is 0 Å². The Bertz CT molecular complexity index is 1070. The number of amides is 1. The van der Waals surface area contributed by atoms with E-state index in [4.69, 9.17) is 16.0 Å². The van der Waals surface area contributed by atoms with Crippen LogP contribution >= 0.6 is 11.6 Å². The highest BCUT2D eigenvalue weighted by Crippen LogP contribution is 2.26. The number of benzene rings is 2. The normalized spacial score (nSPS) is 11.2. The fourth-order valence-corrected chi connectivity index (χ4v) is 3.71. The van der Waals surface area contributed by atoms with Gasteiger partial charge in [-0.25, -0.2) is 12.8 Å². The van der Waals surface area contributed by atoms with E-state index in [0.29, 0.717) is 13.0 Å². The molecule has 3 rings (SSSR count). The Kier molecular flexibility index (Phi) is 6.01. The van der Waals surface area contributed by atoms with Gasteiger partial charge in [0.2, 0.25) is 0 Å². The lowest BCUT2D eigenvalue weighted by Gasteiger charge is -2.11. The van der Waals surface area contributed by atoms with Crippen molar-refractivity contribution in [3.8, 4) is 0 Å². The van der Waals surface area contributed by atoms with Crippen LogP contribution in [0.25, 0.3) is 0 Å². The number of carbonyl (C=O) groups excluding carboxylic acids is 1. The highest BCUT2D eigenvalue weighted by atomic mass is 35.5. The Morgan fingerprint density at radius 2 is 1.86 bits per heavy atom. The number of anilines is 1. The molecular weight excluding hydrogens is 407 g/mol. The summed E-state index contributed by atoms with van der Waals surface area (Å²) in [4.78, 5) is 12.2. The van der Waals surface area contributed by atoms with Gasteiger partial charge in [0.1, 0.15) is 11.6 Å². The zero-order valence-corrected chi connectivity index (χ0v) is 16.1. The Morgan fingerprint density at radius 3 is 2.54 bits per heavy atom. The first-order valence-electron chi connectivity index (χ1n) is 8.24. The molecule has 3 aromatic rings. The van der Waals surface area contributed by atoms with Gasteiger partial charge < -0.3 is 9.73 Å². The predicted octanol–water partition coefficient (Wildman–Crippen LogP) is 3.85. The summed E-state index contributed by atoms with van der Waals surface area (Å²) in [5.74, 6) is -0.195. The monoisotopic (exact) mass is 422 g/mol. The number of halogens is 2. The lowest BCUT2D eigenvalue weighted by Crippen LogP contribution is -2.25. The van der Waals surface area contributed by atoms with Crippen molar-refractivity contribution in [2.75, 3.05) is 11.3 Å². The lowest BCUT2D eigenvalue weighted by molar-refractivity contribution is 0.0953. The molecule has 146 valence electrons. The fourth-order valence-electron chi connectivity index (χ4n) is 2.42. The number of rotatable bonds is 7. The molecule has 6 nitrogen and oxygen atoms in total. The minimum atomic E-state index is -3.99. The fraction of sp³-hybridized carbons (Fsp3) is 0.105. The number of nitrogens with one attached hydrogen (secondary N) is 2. The molecule has 0 fully saturated rings. The summed E-state index contributed by atoms with van der Waals surface area (Å²) in [5.41, 5.74) is 0.283. The van der Waals surface area contributed by atoms with Gasteiger partial charge in [0.25, 0.3) is 15.9 Å². The third-order valence-corrected chi connectivity index (χ3v) is 5.54. The van der Waals surface area contributed by atoms with Gasteiger partial charge in [-0.15, -0.1) is 0 Å². The molecule has 1 aromatic heterocycles. The van der Waals surface area contributed by atoms with Crippen molar-refractivity contribution in [1.29, 1.82) is 0 Å². The van der Waals surface area contributed by atoms with E-state index >= 15 is 0 Å². The van der Waals surface area contributed by atoms with Crippen molar-refractivity contribution in [2.45, 2.75) is 11.3 Å². The molecule has 0 aliphatic carbocycles. The molecule has 28 heavy (non-hydrogen) atoms. The number of hydrogen-bond donors (Lipinski definition) is 2. The van der Waals surface area contributed by atoms with E-state index in [9.17, 15) is 17.6 Å². The standard InChI is InChI=1S/C19H16ClFN2O4S/c20-17-8-3-13(19(24)22-10-9-15-2-1-11-27-15)12-18(17)23-28(25,26)16-6-4-14(21)5-7-16/h1-8,11-12,23H,9-10H2,(H,22,24). The molecule has 1 amide bonds. The first-order valence-corrected chi connectivity index (χ1v) is 10.1. The van der Waals surface area contributed by atoms with Crippen LogP contribution in [0.5, 0.6) is 0 Å². The van der Waals surface area contributed by atoms with Crippen molar-refractivity contribution >= 4 is 33.2 Å². The van der Waals surface area contributed by atoms with Crippen LogP contribution in [-0.2, 0) is 16.4 Å². The average molecular weight is 423 g/mol. The second-order valence-corrected chi connectivity index (χ2v) is 7.93. The van der Waals surface area contributed by atoms with Crippen LogP contribution in [0.4, 0.5) is 10.1 Å². The topological polar surface area (TPSA) is 88.4 Å². The van der Waals surface area contributed by atoms with Crippen molar-refractivity contribution in [2.24, 2.45) is 0 Å². The molecule has 0 aliphatic heterocycles. The zero-order chi connectivity index (χ0) is 20.1. The van der Waals surface area contributed by atoms with Crippen LogP contribution in [0.1, 0.15) is 16.1 Å². The summed E-state index contributed by atoms with van der Waals surface area (Å²) in [5, 5.41) is 2.85. The van der Waals surface area contributed by atoms with Crippen molar-refractivity contribution in [1.82, 2.24) is 5.32 Å². The first kappa shape index (κ1) is 19.9. The minimum Gasteiger partial charge on any atom is -0.469 e. The summed E-state index contributed by atoms with van der Waals surface area (Å²) >= 11 is 6.06. The van der Waals surface area contributed by atoms with Crippen LogP contribution in [0, 0.1) is 5.82 Å². The largest absolute Gasteiger partial charge is 0.469 e. The Labute approximate surface area is 166 Å². The molecule has 0 atom stereocenters. The van der Waals surface area contributed by atoms with E-state index < -0.39 is 15.8 Å². The molecule has 0 bridgehead atoms. The van der Waals surface area contributed by atoms with Crippen LogP contribution in [0.2, 0.25) is 5.02 Å². The molecule has 0 radical (unpaired) electrons. The number of hydrogen-bond acceptors (Lipinski definition) is 4. The second kappa shape index (κ2) is 8.45. The Morgan fingerprint density at radius 1 is 1.11 bits per heavy atom. The SMILES string of the molecule is O=C(NCCc1ccco1)c1ccc(Cl)c(NS(=O)(=O)c2ccc(F)cc2)c1. The predicted molar refractivity (Wildman–Crippen MR) is 103 cm³/mol. The van der Waals surface area contributed by atoms with Gasteiger partial charge in [0.05, 0.1) is 21.9 Å². The van der Waals surface area contributed by atoms with Crippen LogP contribution in [0.3, 0.4) is 0 Å². The summed E-state index contributed by atoms with van der Waals surface area (Å²) in [7, 11) is -3.99. The van der Waals surface area contributed by atoms with Gasteiger partial charge in [-0.2, -0.15) is 0 Å². The Balaban J connectivity index is 1.71. The van der Waals surface area contributed by atoms with Crippen LogP contribution in [0.15, 0.2) is 70.2 Å². The smallest absolute Gasteiger partial charge is 0.261 e. The maximum atomic E-state index is 13.0. The van der Waals surface area contributed by atoms with Gasteiger partial charge in [0, 0.05) is 18.5 Å². The Hall–Kier alpha value is -2.84. The zero-order valence-electron chi connectivity index (χ0n) is 14.5.